The molecule has 1 aliphatic rings. The minimum absolute atomic E-state index is 0.369. The Balaban J connectivity index is 2.20. The number of benzene rings is 1. The van der Waals surface area contributed by atoms with Crippen LogP contribution in [0.5, 0.6) is 0 Å². The number of halogens is 3. The lowest BCUT2D eigenvalue weighted by Crippen LogP contribution is -2.24. The number of hydrogen-bond acceptors (Lipinski definition) is 4. The Kier molecular flexibility index (Phi) is 3.97. The third-order valence-electron chi connectivity index (χ3n) is 3.44. The molecule has 0 radical (unpaired) electrons. The molecule has 1 heterocycles. The Morgan fingerprint density at radius 1 is 1.25 bits per heavy atom. The molecule has 4 nitrogen and oxygen atoms in total. The first-order valence-corrected chi connectivity index (χ1v) is 7.60. The van der Waals surface area contributed by atoms with Crippen molar-refractivity contribution in [1.82, 2.24) is 0 Å². The number of nitrogens with zero attached hydrogens (tertiary/aromatic N) is 1. The zero-order valence-corrected chi connectivity index (χ0v) is 11.4. The Morgan fingerprint density at radius 2 is 1.85 bits per heavy atom. The molecule has 0 saturated carbocycles. The minimum atomic E-state index is -5.27. The predicted octanol–water partition coefficient (Wildman–Crippen LogP) is 1.77. The number of nitrogens with two attached hydrogens (primary N) is 1. The van der Waals surface area contributed by atoms with Crippen molar-refractivity contribution in [2.24, 2.45) is 11.7 Å². The maximum atomic E-state index is 12.4. The number of anilines is 1. The van der Waals surface area contributed by atoms with Crippen LogP contribution in [0.2, 0.25) is 0 Å². The summed E-state index contributed by atoms with van der Waals surface area (Å²) in [5.41, 5.74) is 1.01. The van der Waals surface area contributed by atoms with Crippen LogP contribution in [0.4, 0.5) is 18.9 Å². The van der Waals surface area contributed by atoms with E-state index in [1.165, 1.54) is 12.1 Å². The van der Waals surface area contributed by atoms with Gasteiger partial charge in [-0.25, -0.2) is 8.42 Å². The van der Waals surface area contributed by atoms with Crippen molar-refractivity contribution in [1.29, 1.82) is 0 Å². The number of hydrogen-bond donors (Lipinski definition) is 1. The third kappa shape index (κ3) is 2.76. The monoisotopic (exact) mass is 308 g/mol. The van der Waals surface area contributed by atoms with Gasteiger partial charge in [-0.05, 0) is 43.1 Å². The van der Waals surface area contributed by atoms with Gasteiger partial charge in [0.05, 0.1) is 4.90 Å². The quantitative estimate of drug-likeness (QED) is 0.924. The van der Waals surface area contributed by atoms with Crippen LogP contribution in [0, 0.1) is 5.92 Å². The van der Waals surface area contributed by atoms with Gasteiger partial charge in [0.25, 0.3) is 9.84 Å². The summed E-state index contributed by atoms with van der Waals surface area (Å²) in [6.07, 6.45) is 0.930. The Morgan fingerprint density at radius 3 is 2.30 bits per heavy atom. The molecule has 8 heteroatoms. The molecule has 0 aliphatic carbocycles. The van der Waals surface area contributed by atoms with E-state index in [-0.39, 0.29) is 0 Å². The molecule has 1 unspecified atom stereocenters. The molecule has 1 saturated heterocycles. The van der Waals surface area contributed by atoms with Crippen molar-refractivity contribution in [2.45, 2.75) is 16.8 Å². The third-order valence-corrected chi connectivity index (χ3v) is 4.94. The number of rotatable bonds is 3. The van der Waals surface area contributed by atoms with Crippen molar-refractivity contribution in [3.63, 3.8) is 0 Å². The molecule has 0 amide bonds. The van der Waals surface area contributed by atoms with Crippen molar-refractivity contribution >= 4 is 15.5 Å². The summed E-state index contributed by atoms with van der Waals surface area (Å²) in [7, 11) is -5.27. The predicted molar refractivity (Wildman–Crippen MR) is 69.1 cm³/mol. The molecule has 1 atom stereocenters. The highest BCUT2D eigenvalue weighted by Crippen LogP contribution is 2.31. The lowest BCUT2D eigenvalue weighted by molar-refractivity contribution is -0.0436. The van der Waals surface area contributed by atoms with Gasteiger partial charge >= 0.3 is 5.51 Å². The molecule has 0 spiro atoms. The fourth-order valence-corrected chi connectivity index (χ4v) is 2.99. The highest BCUT2D eigenvalue weighted by molar-refractivity contribution is 7.92. The Bertz CT molecular complexity index is 569. The van der Waals surface area contributed by atoms with Crippen LogP contribution in [0.1, 0.15) is 6.42 Å². The summed E-state index contributed by atoms with van der Waals surface area (Å²) < 4.78 is 59.7. The zero-order chi connectivity index (χ0) is 15.0. The topological polar surface area (TPSA) is 63.4 Å². The summed E-state index contributed by atoms with van der Waals surface area (Å²) in [5, 5.41) is 0. The molecule has 1 aliphatic heterocycles. The van der Waals surface area contributed by atoms with Crippen LogP contribution in [0.25, 0.3) is 0 Å². The molecule has 1 aromatic rings. The van der Waals surface area contributed by atoms with Crippen LogP contribution in [0.15, 0.2) is 29.2 Å². The van der Waals surface area contributed by atoms with Crippen LogP contribution in [-0.2, 0) is 9.84 Å². The largest absolute Gasteiger partial charge is 0.501 e. The van der Waals surface area contributed by atoms with Crippen molar-refractivity contribution in [3.05, 3.63) is 24.3 Å². The van der Waals surface area contributed by atoms with Gasteiger partial charge in [0.2, 0.25) is 0 Å². The molecule has 1 aromatic carbocycles. The number of sulfone groups is 1. The maximum absolute atomic E-state index is 12.4. The van der Waals surface area contributed by atoms with Gasteiger partial charge in [-0.3, -0.25) is 0 Å². The number of alkyl halides is 3. The highest BCUT2D eigenvalue weighted by atomic mass is 32.2. The Hall–Kier alpha value is -1.28. The lowest BCUT2D eigenvalue weighted by atomic mass is 10.1. The second kappa shape index (κ2) is 5.25. The van der Waals surface area contributed by atoms with Crippen molar-refractivity contribution < 1.29 is 21.6 Å². The normalized spacial score (nSPS) is 20.4. The van der Waals surface area contributed by atoms with E-state index in [0.717, 1.165) is 31.6 Å². The molecular formula is C12H15F3N2O2S. The summed E-state index contributed by atoms with van der Waals surface area (Å²) in [5.74, 6) is 0.369. The van der Waals surface area contributed by atoms with Gasteiger partial charge in [-0.2, -0.15) is 13.2 Å². The molecule has 112 valence electrons. The van der Waals surface area contributed by atoms with Gasteiger partial charge in [0.15, 0.2) is 0 Å². The summed E-state index contributed by atoms with van der Waals surface area (Å²) in [6, 6.07) is 4.79. The molecule has 0 aromatic heterocycles. The van der Waals surface area contributed by atoms with Crippen molar-refractivity contribution in [2.75, 3.05) is 24.5 Å². The van der Waals surface area contributed by atoms with Crippen LogP contribution < -0.4 is 10.6 Å². The lowest BCUT2D eigenvalue weighted by Gasteiger charge is -2.19. The molecule has 1 fully saturated rings. The summed E-state index contributed by atoms with van der Waals surface area (Å²) in [6.45, 7) is 2.08. The fourth-order valence-electron chi connectivity index (χ4n) is 2.23. The average molecular weight is 308 g/mol. The van der Waals surface area contributed by atoms with Gasteiger partial charge in [-0.1, -0.05) is 0 Å². The summed E-state index contributed by atoms with van der Waals surface area (Å²) >= 11 is 0. The molecule has 0 bridgehead atoms. The zero-order valence-electron chi connectivity index (χ0n) is 10.6. The van der Waals surface area contributed by atoms with E-state index in [0.29, 0.717) is 18.2 Å². The maximum Gasteiger partial charge on any atom is 0.501 e. The van der Waals surface area contributed by atoms with E-state index >= 15 is 0 Å². The van der Waals surface area contributed by atoms with Crippen LogP contribution >= 0.6 is 0 Å². The van der Waals surface area contributed by atoms with Gasteiger partial charge in [-0.15, -0.1) is 0 Å². The smallest absolute Gasteiger partial charge is 0.371 e. The van der Waals surface area contributed by atoms with Crippen LogP contribution in [-0.4, -0.2) is 33.6 Å². The van der Waals surface area contributed by atoms with E-state index in [1.54, 1.807) is 0 Å². The van der Waals surface area contributed by atoms with E-state index in [9.17, 15) is 21.6 Å². The van der Waals surface area contributed by atoms with Crippen molar-refractivity contribution in [3.8, 4) is 0 Å². The first-order valence-electron chi connectivity index (χ1n) is 6.12. The fraction of sp³-hybridized carbons (Fsp3) is 0.500. The second-order valence-electron chi connectivity index (χ2n) is 4.78. The average Bonchev–Trinajstić information content (AvgIpc) is 2.86. The van der Waals surface area contributed by atoms with Gasteiger partial charge < -0.3 is 10.6 Å². The molecule has 2 rings (SSSR count). The highest BCUT2D eigenvalue weighted by Gasteiger charge is 2.46. The van der Waals surface area contributed by atoms with E-state index < -0.39 is 20.2 Å². The van der Waals surface area contributed by atoms with E-state index in [1.807, 2.05) is 4.90 Å². The first kappa shape index (κ1) is 15.1. The molecule has 20 heavy (non-hydrogen) atoms. The standard InChI is InChI=1S/C12H15F3N2O2S/c13-12(14,15)20(18,19)11-3-1-10(2-4-11)17-6-5-9(7-16)8-17/h1-4,9H,5-8,16H2. The molecular weight excluding hydrogens is 293 g/mol. The van der Waals surface area contributed by atoms with E-state index in [2.05, 4.69) is 0 Å². The first-order chi connectivity index (χ1) is 9.25. The van der Waals surface area contributed by atoms with Gasteiger partial charge in [0.1, 0.15) is 0 Å². The second-order valence-corrected chi connectivity index (χ2v) is 6.72. The SMILES string of the molecule is NCC1CCN(c2ccc(S(=O)(=O)C(F)(F)F)cc2)C1. The summed E-state index contributed by atoms with van der Waals surface area (Å²) in [4.78, 5) is 1.25. The minimum Gasteiger partial charge on any atom is -0.371 e. The Labute approximate surface area is 115 Å². The van der Waals surface area contributed by atoms with Crippen LogP contribution in [0.3, 0.4) is 0 Å². The van der Waals surface area contributed by atoms with Gasteiger partial charge in [0, 0.05) is 18.8 Å². The van der Waals surface area contributed by atoms with E-state index in [4.69, 9.17) is 5.73 Å². The molecule has 2 N–H and O–H groups in total.